The molecule has 2 aromatic rings. The van der Waals surface area contributed by atoms with Gasteiger partial charge in [-0.1, -0.05) is 36.0 Å². The van der Waals surface area contributed by atoms with Gasteiger partial charge in [-0.2, -0.15) is 0 Å². The summed E-state index contributed by atoms with van der Waals surface area (Å²) in [6.07, 6.45) is 1.61. The van der Waals surface area contributed by atoms with Gasteiger partial charge in [0.25, 0.3) is 5.91 Å². The number of carbonyl (C=O) groups is 1. The Balaban J connectivity index is 1.96. The first kappa shape index (κ1) is 12.8. The van der Waals surface area contributed by atoms with Crippen LogP contribution in [0.3, 0.4) is 0 Å². The molecule has 100 valence electrons. The van der Waals surface area contributed by atoms with Crippen LogP contribution in [-0.2, 0) is 11.3 Å². The predicted octanol–water partition coefficient (Wildman–Crippen LogP) is 3.42. The number of hydrogen-bond acceptors (Lipinski definition) is 3. The first-order chi connectivity index (χ1) is 9.74. The third-order valence-corrected chi connectivity index (χ3v) is 4.02. The number of amides is 1. The maximum atomic E-state index is 12.2. The molecule has 4 heteroatoms. The number of fused-ring (bicyclic) bond motifs is 1. The van der Waals surface area contributed by atoms with Crippen LogP contribution in [0.25, 0.3) is 0 Å². The van der Waals surface area contributed by atoms with E-state index in [2.05, 4.69) is 0 Å². The van der Waals surface area contributed by atoms with E-state index in [1.807, 2.05) is 53.9 Å². The van der Waals surface area contributed by atoms with Gasteiger partial charge in [0.15, 0.2) is 0 Å². The molecule has 1 aliphatic heterocycles. The minimum atomic E-state index is -0.000671. The molecule has 0 aliphatic carbocycles. The lowest BCUT2D eigenvalue weighted by Crippen LogP contribution is -2.28. The van der Waals surface area contributed by atoms with Crippen molar-refractivity contribution in [2.75, 3.05) is 10.6 Å². The lowest BCUT2D eigenvalue weighted by atomic mass is 10.1. The molecule has 1 amide bonds. The summed E-state index contributed by atoms with van der Waals surface area (Å²) in [6.45, 7) is 0.543. The second-order valence-electron chi connectivity index (χ2n) is 4.55. The van der Waals surface area contributed by atoms with Gasteiger partial charge >= 0.3 is 0 Å². The lowest BCUT2D eigenvalue weighted by molar-refractivity contribution is -0.114. The van der Waals surface area contributed by atoms with Crippen molar-refractivity contribution in [2.24, 2.45) is 0 Å². The van der Waals surface area contributed by atoms with Crippen molar-refractivity contribution >= 4 is 29.0 Å². The van der Waals surface area contributed by atoms with Crippen LogP contribution in [0.5, 0.6) is 0 Å². The summed E-state index contributed by atoms with van der Waals surface area (Å²) >= 11 is 1.57. The Hall–Kier alpha value is -2.20. The molecule has 1 aliphatic rings. The molecule has 0 spiro atoms. The minimum Gasteiger partial charge on any atom is -0.399 e. The molecular weight excluding hydrogens is 268 g/mol. The number of nitrogen functional groups attached to an aromatic ring is 1. The van der Waals surface area contributed by atoms with Crippen LogP contribution in [0.15, 0.2) is 64.9 Å². The topological polar surface area (TPSA) is 46.3 Å². The SMILES string of the molecule is Nc1ccc(CN2C(=O)C=CSc3ccccc32)cc1. The number of carbonyl (C=O) groups excluding carboxylic acids is 1. The molecule has 2 N–H and O–H groups in total. The Morgan fingerprint density at radius 1 is 1.05 bits per heavy atom. The Morgan fingerprint density at radius 3 is 2.60 bits per heavy atom. The van der Waals surface area contributed by atoms with Crippen LogP contribution in [-0.4, -0.2) is 5.91 Å². The molecule has 0 radical (unpaired) electrons. The number of para-hydroxylation sites is 1. The molecular formula is C16H14N2OS. The van der Waals surface area contributed by atoms with Crippen LogP contribution in [0.1, 0.15) is 5.56 Å². The highest BCUT2D eigenvalue weighted by Gasteiger charge is 2.19. The van der Waals surface area contributed by atoms with Gasteiger partial charge in [-0.25, -0.2) is 0 Å². The first-order valence-electron chi connectivity index (χ1n) is 6.32. The normalized spacial score (nSPS) is 14.0. The molecule has 0 atom stereocenters. The molecule has 3 rings (SSSR count). The number of nitrogens with two attached hydrogens (primary N) is 1. The average Bonchev–Trinajstić information content (AvgIpc) is 2.62. The van der Waals surface area contributed by atoms with E-state index in [9.17, 15) is 4.79 Å². The van der Waals surface area contributed by atoms with Gasteiger partial charge < -0.3 is 10.6 Å². The van der Waals surface area contributed by atoms with Crippen molar-refractivity contribution in [3.63, 3.8) is 0 Å². The summed E-state index contributed by atoms with van der Waals surface area (Å²) < 4.78 is 0. The summed E-state index contributed by atoms with van der Waals surface area (Å²) in [6, 6.07) is 15.6. The van der Waals surface area contributed by atoms with Gasteiger partial charge in [0.2, 0.25) is 0 Å². The smallest absolute Gasteiger partial charge is 0.251 e. The third kappa shape index (κ3) is 2.56. The molecule has 20 heavy (non-hydrogen) atoms. The Morgan fingerprint density at radius 2 is 1.80 bits per heavy atom. The highest BCUT2D eigenvalue weighted by atomic mass is 32.2. The van der Waals surface area contributed by atoms with Crippen molar-refractivity contribution in [3.05, 3.63) is 65.6 Å². The van der Waals surface area contributed by atoms with Crippen molar-refractivity contribution in [1.82, 2.24) is 0 Å². The third-order valence-electron chi connectivity index (χ3n) is 3.15. The second-order valence-corrected chi connectivity index (χ2v) is 5.50. The van der Waals surface area contributed by atoms with Gasteiger partial charge in [-0.05, 0) is 35.2 Å². The quantitative estimate of drug-likeness (QED) is 0.858. The van der Waals surface area contributed by atoms with E-state index in [1.165, 1.54) is 0 Å². The fourth-order valence-corrected chi connectivity index (χ4v) is 2.91. The Bertz CT molecular complexity index is 664. The predicted molar refractivity (Wildman–Crippen MR) is 83.5 cm³/mol. The van der Waals surface area contributed by atoms with Gasteiger partial charge in [-0.15, -0.1) is 0 Å². The van der Waals surface area contributed by atoms with Gasteiger partial charge in [0.1, 0.15) is 0 Å². The van der Waals surface area contributed by atoms with Crippen LogP contribution in [0, 0.1) is 0 Å². The maximum absolute atomic E-state index is 12.2. The average molecular weight is 282 g/mol. The number of anilines is 2. The van der Waals surface area contributed by atoms with E-state index < -0.39 is 0 Å². The van der Waals surface area contributed by atoms with Crippen molar-refractivity contribution in [1.29, 1.82) is 0 Å². The minimum absolute atomic E-state index is 0.000671. The standard InChI is InChI=1S/C16H14N2OS/c17-13-7-5-12(6-8-13)11-18-14-3-1-2-4-15(14)20-10-9-16(18)19/h1-10H,11,17H2. The van der Waals surface area contributed by atoms with E-state index in [4.69, 9.17) is 5.73 Å². The van der Waals surface area contributed by atoms with Crippen LogP contribution in [0.4, 0.5) is 11.4 Å². The van der Waals surface area contributed by atoms with E-state index in [-0.39, 0.29) is 5.91 Å². The van der Waals surface area contributed by atoms with Crippen LogP contribution >= 0.6 is 11.8 Å². The van der Waals surface area contributed by atoms with Crippen molar-refractivity contribution < 1.29 is 4.79 Å². The summed E-state index contributed by atoms with van der Waals surface area (Å²) in [5.41, 5.74) is 8.43. The van der Waals surface area contributed by atoms with Gasteiger partial charge in [0, 0.05) is 16.7 Å². The number of thioether (sulfide) groups is 1. The van der Waals surface area contributed by atoms with E-state index >= 15 is 0 Å². The Kier molecular flexibility index (Phi) is 3.48. The van der Waals surface area contributed by atoms with Crippen LogP contribution < -0.4 is 10.6 Å². The molecule has 0 unspecified atom stereocenters. The molecule has 3 nitrogen and oxygen atoms in total. The molecule has 1 heterocycles. The zero-order valence-corrected chi connectivity index (χ0v) is 11.6. The largest absolute Gasteiger partial charge is 0.399 e. The molecule has 2 aromatic carbocycles. The molecule has 0 bridgehead atoms. The van der Waals surface area contributed by atoms with Crippen LogP contribution in [0.2, 0.25) is 0 Å². The van der Waals surface area contributed by atoms with Gasteiger partial charge in [0.05, 0.1) is 12.2 Å². The van der Waals surface area contributed by atoms with E-state index in [0.717, 1.165) is 21.8 Å². The highest BCUT2D eigenvalue weighted by molar-refractivity contribution is 8.02. The summed E-state index contributed by atoms with van der Waals surface area (Å²) in [5.74, 6) is -0.000671. The maximum Gasteiger partial charge on any atom is 0.251 e. The molecule has 0 saturated heterocycles. The van der Waals surface area contributed by atoms with E-state index in [0.29, 0.717) is 6.54 Å². The fraction of sp³-hybridized carbons (Fsp3) is 0.0625. The summed E-state index contributed by atoms with van der Waals surface area (Å²) in [7, 11) is 0. The number of benzene rings is 2. The fourth-order valence-electron chi connectivity index (χ4n) is 2.12. The lowest BCUT2D eigenvalue weighted by Gasteiger charge is -2.22. The molecule has 0 aromatic heterocycles. The first-order valence-corrected chi connectivity index (χ1v) is 7.20. The van der Waals surface area contributed by atoms with Gasteiger partial charge in [-0.3, -0.25) is 4.79 Å². The summed E-state index contributed by atoms with van der Waals surface area (Å²) in [5, 5.41) is 1.84. The zero-order chi connectivity index (χ0) is 13.9. The second kappa shape index (κ2) is 5.43. The monoisotopic (exact) mass is 282 g/mol. The molecule has 0 fully saturated rings. The molecule has 0 saturated carbocycles. The number of rotatable bonds is 2. The number of nitrogens with zero attached hydrogens (tertiary/aromatic N) is 1. The zero-order valence-electron chi connectivity index (χ0n) is 10.8. The van der Waals surface area contributed by atoms with Crippen molar-refractivity contribution in [3.8, 4) is 0 Å². The highest BCUT2D eigenvalue weighted by Crippen LogP contribution is 2.34. The number of hydrogen-bond donors (Lipinski definition) is 1. The van der Waals surface area contributed by atoms with E-state index in [1.54, 1.807) is 22.7 Å². The van der Waals surface area contributed by atoms with Crippen molar-refractivity contribution in [2.45, 2.75) is 11.4 Å². The summed E-state index contributed by atoms with van der Waals surface area (Å²) in [4.78, 5) is 15.1. The Labute approximate surface area is 122 Å².